The Labute approximate surface area is 77.6 Å². The molecule has 0 bridgehead atoms. The van der Waals surface area contributed by atoms with Crippen molar-refractivity contribution in [1.82, 2.24) is 4.90 Å². The molecule has 0 spiro atoms. The summed E-state index contributed by atoms with van der Waals surface area (Å²) >= 11 is 3.39. The van der Waals surface area contributed by atoms with Gasteiger partial charge in [-0.2, -0.15) is 0 Å². The summed E-state index contributed by atoms with van der Waals surface area (Å²) < 4.78 is 1.10. The first kappa shape index (κ1) is 9.27. The van der Waals surface area contributed by atoms with Gasteiger partial charge in [-0.05, 0) is 31.8 Å². The van der Waals surface area contributed by atoms with Crippen LogP contribution in [0.15, 0.2) is 11.1 Å². The number of hydrogen-bond acceptors (Lipinski definition) is 1. The number of halogens is 1. The molecule has 1 saturated heterocycles. The Kier molecular flexibility index (Phi) is 3.60. The fourth-order valence-corrected chi connectivity index (χ4v) is 1.82. The van der Waals surface area contributed by atoms with Crippen LogP contribution in [0.25, 0.3) is 0 Å². The lowest BCUT2D eigenvalue weighted by atomic mass is 9.99. The maximum absolute atomic E-state index is 3.84. The lowest BCUT2D eigenvalue weighted by Crippen LogP contribution is -2.33. The highest BCUT2D eigenvalue weighted by atomic mass is 79.9. The zero-order chi connectivity index (χ0) is 8.27. The van der Waals surface area contributed by atoms with Crippen LogP contribution in [0.4, 0.5) is 0 Å². The summed E-state index contributed by atoms with van der Waals surface area (Å²) in [7, 11) is 0. The number of hydrogen-bond donors (Lipinski definition) is 0. The summed E-state index contributed by atoms with van der Waals surface area (Å²) in [6.45, 7) is 9.68. The van der Waals surface area contributed by atoms with Gasteiger partial charge in [0.05, 0.1) is 0 Å². The summed E-state index contributed by atoms with van der Waals surface area (Å²) in [6, 6.07) is 0. The third kappa shape index (κ3) is 3.39. The van der Waals surface area contributed by atoms with Crippen molar-refractivity contribution in [3.05, 3.63) is 11.1 Å². The van der Waals surface area contributed by atoms with E-state index in [2.05, 4.69) is 34.3 Å². The van der Waals surface area contributed by atoms with Crippen LogP contribution < -0.4 is 0 Å². The molecule has 0 unspecified atom stereocenters. The molecule has 1 nitrogen and oxygen atoms in total. The van der Waals surface area contributed by atoms with Crippen LogP contribution in [0.2, 0.25) is 0 Å². The van der Waals surface area contributed by atoms with E-state index in [1.54, 1.807) is 0 Å². The van der Waals surface area contributed by atoms with Crippen molar-refractivity contribution in [2.45, 2.75) is 19.8 Å². The van der Waals surface area contributed by atoms with E-state index < -0.39 is 0 Å². The number of nitrogens with zero attached hydrogens (tertiary/aromatic N) is 1. The van der Waals surface area contributed by atoms with Gasteiger partial charge < -0.3 is 0 Å². The average molecular weight is 218 g/mol. The van der Waals surface area contributed by atoms with E-state index in [9.17, 15) is 0 Å². The highest BCUT2D eigenvalue weighted by molar-refractivity contribution is 9.11. The van der Waals surface area contributed by atoms with Crippen LogP contribution in [0, 0.1) is 5.92 Å². The molecule has 2 heteroatoms. The van der Waals surface area contributed by atoms with Crippen molar-refractivity contribution < 1.29 is 0 Å². The molecule has 1 aliphatic rings. The SMILES string of the molecule is C=C(Br)CN1CCC(C)CC1. The van der Waals surface area contributed by atoms with Crippen molar-refractivity contribution in [1.29, 1.82) is 0 Å². The maximum Gasteiger partial charge on any atom is 0.0293 e. The van der Waals surface area contributed by atoms with Crippen molar-refractivity contribution in [2.75, 3.05) is 19.6 Å². The average Bonchev–Trinajstić information content (AvgIpc) is 1.93. The second-order valence-electron chi connectivity index (χ2n) is 3.48. The molecule has 1 fully saturated rings. The van der Waals surface area contributed by atoms with Crippen LogP contribution in [0.3, 0.4) is 0 Å². The van der Waals surface area contributed by atoms with Crippen molar-refractivity contribution in [3.8, 4) is 0 Å². The smallest absolute Gasteiger partial charge is 0.0293 e. The van der Waals surface area contributed by atoms with Crippen LogP contribution in [0.5, 0.6) is 0 Å². The highest BCUT2D eigenvalue weighted by Gasteiger charge is 2.14. The minimum absolute atomic E-state index is 0.926. The van der Waals surface area contributed by atoms with Gasteiger partial charge in [-0.25, -0.2) is 0 Å². The quantitative estimate of drug-likeness (QED) is 0.688. The summed E-state index contributed by atoms with van der Waals surface area (Å²) in [5, 5.41) is 0. The molecule has 1 aliphatic heterocycles. The van der Waals surface area contributed by atoms with Crippen LogP contribution in [-0.4, -0.2) is 24.5 Å². The zero-order valence-corrected chi connectivity index (χ0v) is 8.73. The molecular formula is C9H16BrN. The Morgan fingerprint density at radius 2 is 2.09 bits per heavy atom. The van der Waals surface area contributed by atoms with Gasteiger partial charge in [0.15, 0.2) is 0 Å². The van der Waals surface area contributed by atoms with Crippen molar-refractivity contribution in [2.24, 2.45) is 5.92 Å². The topological polar surface area (TPSA) is 3.24 Å². The monoisotopic (exact) mass is 217 g/mol. The molecule has 0 radical (unpaired) electrons. The second-order valence-corrected chi connectivity index (χ2v) is 4.60. The fraction of sp³-hybridized carbons (Fsp3) is 0.778. The molecule has 0 saturated carbocycles. The van der Waals surface area contributed by atoms with E-state index in [0.29, 0.717) is 0 Å². The molecule has 0 aromatic rings. The predicted octanol–water partition coefficient (Wildman–Crippen LogP) is 2.63. The number of rotatable bonds is 2. The Hall–Kier alpha value is 0.180. The minimum atomic E-state index is 0.926. The normalized spacial score (nSPS) is 22.0. The second kappa shape index (κ2) is 4.27. The Balaban J connectivity index is 2.22. The Morgan fingerprint density at radius 3 is 2.55 bits per heavy atom. The van der Waals surface area contributed by atoms with Gasteiger partial charge in [-0.1, -0.05) is 29.4 Å². The predicted molar refractivity (Wildman–Crippen MR) is 52.9 cm³/mol. The van der Waals surface area contributed by atoms with Gasteiger partial charge in [-0.3, -0.25) is 4.90 Å². The van der Waals surface area contributed by atoms with Gasteiger partial charge in [0, 0.05) is 11.0 Å². The van der Waals surface area contributed by atoms with Gasteiger partial charge in [0.25, 0.3) is 0 Å². The third-order valence-electron chi connectivity index (χ3n) is 2.27. The minimum Gasteiger partial charge on any atom is -0.299 e. The molecule has 0 aliphatic carbocycles. The largest absolute Gasteiger partial charge is 0.299 e. The van der Waals surface area contributed by atoms with E-state index in [4.69, 9.17) is 0 Å². The molecule has 0 aromatic carbocycles. The number of likely N-dealkylation sites (tertiary alicyclic amines) is 1. The first-order valence-corrected chi connectivity index (χ1v) is 5.03. The summed E-state index contributed by atoms with van der Waals surface area (Å²) in [6.07, 6.45) is 2.70. The summed E-state index contributed by atoms with van der Waals surface area (Å²) in [5.74, 6) is 0.926. The molecule has 1 rings (SSSR count). The Bertz CT molecular complexity index is 136. The highest BCUT2D eigenvalue weighted by Crippen LogP contribution is 2.17. The van der Waals surface area contributed by atoms with E-state index in [0.717, 1.165) is 16.9 Å². The van der Waals surface area contributed by atoms with E-state index in [1.165, 1.54) is 25.9 Å². The maximum atomic E-state index is 3.84. The van der Waals surface area contributed by atoms with Gasteiger partial charge >= 0.3 is 0 Å². The molecule has 0 N–H and O–H groups in total. The zero-order valence-electron chi connectivity index (χ0n) is 7.15. The molecular weight excluding hydrogens is 202 g/mol. The van der Waals surface area contributed by atoms with Crippen LogP contribution in [0.1, 0.15) is 19.8 Å². The van der Waals surface area contributed by atoms with Crippen molar-refractivity contribution >= 4 is 15.9 Å². The lowest BCUT2D eigenvalue weighted by molar-refractivity contribution is 0.209. The molecule has 0 atom stereocenters. The molecule has 0 amide bonds. The fourth-order valence-electron chi connectivity index (χ4n) is 1.46. The first-order valence-electron chi connectivity index (χ1n) is 4.24. The van der Waals surface area contributed by atoms with Gasteiger partial charge in [0.1, 0.15) is 0 Å². The van der Waals surface area contributed by atoms with Gasteiger partial charge in [-0.15, -0.1) is 0 Å². The number of piperidine rings is 1. The summed E-state index contributed by atoms with van der Waals surface area (Å²) in [5.41, 5.74) is 0. The van der Waals surface area contributed by atoms with Crippen LogP contribution >= 0.6 is 15.9 Å². The first-order chi connectivity index (χ1) is 5.18. The molecule has 0 aromatic heterocycles. The van der Waals surface area contributed by atoms with Crippen LogP contribution in [-0.2, 0) is 0 Å². The van der Waals surface area contributed by atoms with E-state index in [-0.39, 0.29) is 0 Å². The lowest BCUT2D eigenvalue weighted by Gasteiger charge is -2.29. The molecule has 11 heavy (non-hydrogen) atoms. The third-order valence-corrected chi connectivity index (χ3v) is 2.52. The summed E-state index contributed by atoms with van der Waals surface area (Å²) in [4.78, 5) is 2.46. The Morgan fingerprint density at radius 1 is 1.55 bits per heavy atom. The van der Waals surface area contributed by atoms with Gasteiger partial charge in [0.2, 0.25) is 0 Å². The molecule has 64 valence electrons. The molecule has 1 heterocycles. The van der Waals surface area contributed by atoms with Crippen molar-refractivity contribution in [3.63, 3.8) is 0 Å². The van der Waals surface area contributed by atoms with E-state index in [1.807, 2.05) is 0 Å². The van der Waals surface area contributed by atoms with E-state index >= 15 is 0 Å². The standard InChI is InChI=1S/C9H16BrN/c1-8-3-5-11(6-4-8)7-9(2)10/h8H,2-7H2,1H3.